The number of amidine groups is 1. The number of carbonyl (C=O) groups excluding carboxylic acids is 1. The second-order valence-electron chi connectivity index (χ2n) is 7.03. The summed E-state index contributed by atoms with van der Waals surface area (Å²) in [6.45, 7) is 0. The Morgan fingerprint density at radius 3 is 2.25 bits per heavy atom. The maximum Gasteiger partial charge on any atom is 0.271 e. The minimum atomic E-state index is -0.127. The monoisotopic (exact) mass is 500 g/mol. The standard InChI is InChI=1S/C26H17BrN2O2S/c27-19-13-11-18(12-14-19)23-16-15-22(31-23)17-24-25(30)29(21-9-5-2-6-10-21)26(32-24)28-20-7-3-1-4-8-20/h1-17H/b24-17+,28-26?. The van der Waals surface area contributed by atoms with E-state index < -0.39 is 0 Å². The van der Waals surface area contributed by atoms with Gasteiger partial charge in [-0.3, -0.25) is 9.69 Å². The molecule has 0 spiro atoms. The molecule has 1 amide bonds. The summed E-state index contributed by atoms with van der Waals surface area (Å²) in [4.78, 5) is 20.3. The number of aliphatic imine (C=N–C) groups is 1. The van der Waals surface area contributed by atoms with Gasteiger partial charge in [-0.2, -0.15) is 0 Å². The normalized spacial score (nSPS) is 16.3. The van der Waals surface area contributed by atoms with Gasteiger partial charge in [-0.15, -0.1) is 0 Å². The third-order valence-corrected chi connectivity index (χ3v) is 6.33. The van der Waals surface area contributed by atoms with E-state index in [-0.39, 0.29) is 5.91 Å². The fourth-order valence-corrected chi connectivity index (χ4v) is 4.54. The molecule has 0 bridgehead atoms. The van der Waals surface area contributed by atoms with Crippen LogP contribution in [0.4, 0.5) is 11.4 Å². The average Bonchev–Trinajstić information content (AvgIpc) is 3.40. The fraction of sp³-hybridized carbons (Fsp3) is 0. The van der Waals surface area contributed by atoms with E-state index in [1.807, 2.05) is 97.1 Å². The molecule has 1 aliphatic rings. The van der Waals surface area contributed by atoms with Crippen LogP contribution in [-0.2, 0) is 4.79 Å². The van der Waals surface area contributed by atoms with Crippen LogP contribution >= 0.6 is 27.7 Å². The molecule has 6 heteroatoms. The maximum atomic E-state index is 13.3. The number of hydrogen-bond donors (Lipinski definition) is 0. The van der Waals surface area contributed by atoms with Gasteiger partial charge in [0.2, 0.25) is 0 Å². The van der Waals surface area contributed by atoms with Crippen LogP contribution in [0.5, 0.6) is 0 Å². The van der Waals surface area contributed by atoms with Gasteiger partial charge in [-0.25, -0.2) is 4.99 Å². The minimum absolute atomic E-state index is 0.127. The van der Waals surface area contributed by atoms with E-state index in [4.69, 9.17) is 9.41 Å². The van der Waals surface area contributed by atoms with Crippen LogP contribution in [0.2, 0.25) is 0 Å². The third-order valence-electron chi connectivity index (χ3n) is 4.83. The molecule has 1 saturated heterocycles. The number of amides is 1. The van der Waals surface area contributed by atoms with Crippen LogP contribution in [0, 0.1) is 0 Å². The summed E-state index contributed by atoms with van der Waals surface area (Å²) < 4.78 is 7.01. The zero-order valence-corrected chi connectivity index (χ0v) is 19.2. The van der Waals surface area contributed by atoms with Gasteiger partial charge in [-0.1, -0.05) is 64.5 Å². The molecule has 0 saturated carbocycles. The van der Waals surface area contributed by atoms with E-state index >= 15 is 0 Å². The van der Waals surface area contributed by atoms with Crippen molar-refractivity contribution in [3.63, 3.8) is 0 Å². The third kappa shape index (κ3) is 4.33. The highest BCUT2D eigenvalue weighted by Crippen LogP contribution is 2.37. The zero-order valence-electron chi connectivity index (χ0n) is 16.8. The van der Waals surface area contributed by atoms with Crippen LogP contribution in [-0.4, -0.2) is 11.1 Å². The Labute approximate surface area is 198 Å². The lowest BCUT2D eigenvalue weighted by atomic mass is 10.2. The number of hydrogen-bond acceptors (Lipinski definition) is 4. The molecule has 2 heterocycles. The molecule has 4 nitrogen and oxygen atoms in total. The summed E-state index contributed by atoms with van der Waals surface area (Å²) in [6, 6.07) is 30.9. The molecule has 0 N–H and O–H groups in total. The number of carbonyl (C=O) groups is 1. The quantitative estimate of drug-likeness (QED) is 0.272. The number of halogens is 1. The molecule has 156 valence electrons. The van der Waals surface area contributed by atoms with E-state index in [0.29, 0.717) is 15.8 Å². The predicted molar refractivity (Wildman–Crippen MR) is 135 cm³/mol. The van der Waals surface area contributed by atoms with Gasteiger partial charge < -0.3 is 4.42 Å². The summed E-state index contributed by atoms with van der Waals surface area (Å²) in [5.41, 5.74) is 2.54. The fourth-order valence-electron chi connectivity index (χ4n) is 3.30. The predicted octanol–water partition coefficient (Wildman–Crippen LogP) is 7.52. The number of furan rings is 1. The van der Waals surface area contributed by atoms with Crippen LogP contribution < -0.4 is 4.90 Å². The zero-order chi connectivity index (χ0) is 21.9. The lowest BCUT2D eigenvalue weighted by Gasteiger charge is -2.15. The molecule has 0 unspecified atom stereocenters. The Balaban J connectivity index is 1.50. The van der Waals surface area contributed by atoms with Gasteiger partial charge in [0, 0.05) is 16.1 Å². The Bertz CT molecular complexity index is 1310. The summed E-state index contributed by atoms with van der Waals surface area (Å²) in [5.74, 6) is 1.24. The summed E-state index contributed by atoms with van der Waals surface area (Å²) in [6.07, 6.45) is 1.78. The summed E-state index contributed by atoms with van der Waals surface area (Å²) in [7, 11) is 0. The smallest absolute Gasteiger partial charge is 0.271 e. The van der Waals surface area contributed by atoms with E-state index in [1.54, 1.807) is 11.0 Å². The van der Waals surface area contributed by atoms with E-state index in [9.17, 15) is 4.79 Å². The number of thioether (sulfide) groups is 1. The minimum Gasteiger partial charge on any atom is -0.457 e. The topological polar surface area (TPSA) is 45.8 Å². The highest BCUT2D eigenvalue weighted by Gasteiger charge is 2.35. The molecule has 3 aromatic carbocycles. The molecule has 1 aromatic heterocycles. The second kappa shape index (κ2) is 9.02. The van der Waals surface area contributed by atoms with E-state index in [1.165, 1.54) is 11.8 Å². The maximum absolute atomic E-state index is 13.3. The highest BCUT2D eigenvalue weighted by molar-refractivity contribution is 9.10. The first-order valence-electron chi connectivity index (χ1n) is 9.96. The first-order chi connectivity index (χ1) is 15.7. The van der Waals surface area contributed by atoms with Crippen molar-refractivity contribution in [2.75, 3.05) is 4.90 Å². The number of anilines is 1. The Morgan fingerprint density at radius 1 is 0.844 bits per heavy atom. The van der Waals surface area contributed by atoms with Gasteiger partial charge in [0.1, 0.15) is 11.5 Å². The second-order valence-corrected chi connectivity index (χ2v) is 8.95. The van der Waals surface area contributed by atoms with Gasteiger partial charge in [0.25, 0.3) is 5.91 Å². The van der Waals surface area contributed by atoms with Crippen molar-refractivity contribution in [1.82, 2.24) is 0 Å². The first-order valence-corrected chi connectivity index (χ1v) is 11.6. The molecule has 0 aliphatic carbocycles. The van der Waals surface area contributed by atoms with Gasteiger partial charge in [0.15, 0.2) is 5.17 Å². The number of nitrogens with zero attached hydrogens (tertiary/aromatic N) is 2. The Kier molecular flexibility index (Phi) is 5.79. The van der Waals surface area contributed by atoms with Crippen molar-refractivity contribution in [2.24, 2.45) is 4.99 Å². The largest absolute Gasteiger partial charge is 0.457 e. The van der Waals surface area contributed by atoms with Crippen LogP contribution in [0.3, 0.4) is 0 Å². The summed E-state index contributed by atoms with van der Waals surface area (Å²) >= 11 is 4.79. The molecule has 1 fully saturated rings. The number of para-hydroxylation sites is 2. The molecular formula is C26H17BrN2O2S. The lowest BCUT2D eigenvalue weighted by molar-refractivity contribution is -0.113. The Hall–Kier alpha value is -3.35. The van der Waals surface area contributed by atoms with Crippen molar-refractivity contribution in [3.8, 4) is 11.3 Å². The average molecular weight is 501 g/mol. The van der Waals surface area contributed by atoms with Crippen LogP contribution in [0.15, 0.2) is 116 Å². The SMILES string of the molecule is O=C1/C(=C\c2ccc(-c3ccc(Br)cc3)o2)SC(=Nc2ccccc2)N1c1ccccc1. The molecule has 0 radical (unpaired) electrons. The van der Waals surface area contributed by atoms with Crippen molar-refractivity contribution < 1.29 is 9.21 Å². The van der Waals surface area contributed by atoms with Crippen molar-refractivity contribution >= 4 is 56.2 Å². The molecule has 0 atom stereocenters. The van der Waals surface area contributed by atoms with Gasteiger partial charge in [-0.05, 0) is 60.3 Å². The van der Waals surface area contributed by atoms with Crippen LogP contribution in [0.25, 0.3) is 17.4 Å². The van der Waals surface area contributed by atoms with Crippen molar-refractivity contribution in [2.45, 2.75) is 0 Å². The van der Waals surface area contributed by atoms with E-state index in [2.05, 4.69) is 15.9 Å². The lowest BCUT2D eigenvalue weighted by Crippen LogP contribution is -2.28. The molecule has 1 aliphatic heterocycles. The highest BCUT2D eigenvalue weighted by atomic mass is 79.9. The van der Waals surface area contributed by atoms with Gasteiger partial charge in [0.05, 0.1) is 16.3 Å². The van der Waals surface area contributed by atoms with Gasteiger partial charge >= 0.3 is 0 Å². The number of rotatable bonds is 4. The molecule has 5 rings (SSSR count). The van der Waals surface area contributed by atoms with E-state index in [0.717, 1.165) is 27.2 Å². The van der Waals surface area contributed by atoms with Crippen molar-refractivity contribution in [3.05, 3.63) is 112 Å². The molecule has 4 aromatic rings. The van der Waals surface area contributed by atoms with Crippen LogP contribution in [0.1, 0.15) is 5.76 Å². The molecule has 32 heavy (non-hydrogen) atoms. The summed E-state index contributed by atoms with van der Waals surface area (Å²) in [5, 5.41) is 0.610. The Morgan fingerprint density at radius 2 is 1.53 bits per heavy atom. The molecular weight excluding hydrogens is 484 g/mol. The first kappa shape index (κ1) is 20.5. The number of benzene rings is 3. The van der Waals surface area contributed by atoms with Crippen molar-refractivity contribution in [1.29, 1.82) is 0 Å².